The van der Waals surface area contributed by atoms with Gasteiger partial charge in [-0.05, 0) is 0 Å². The van der Waals surface area contributed by atoms with Crippen molar-refractivity contribution < 1.29 is 32.0 Å². The number of quaternary nitrogens is 1. The van der Waals surface area contributed by atoms with Crippen molar-refractivity contribution in [2.45, 2.75) is 6.42 Å². The van der Waals surface area contributed by atoms with Crippen molar-refractivity contribution in [3.63, 3.8) is 0 Å². The number of hydrogen-bond donors (Lipinski definition) is 0. The molecule has 0 atom stereocenters. The van der Waals surface area contributed by atoms with Crippen molar-refractivity contribution in [2.75, 3.05) is 39.5 Å². The summed E-state index contributed by atoms with van der Waals surface area (Å²) in [4.78, 5) is 19.6. The number of carbonyl (C=O) groups is 1. The van der Waals surface area contributed by atoms with Gasteiger partial charge in [0, 0.05) is 18.2 Å². The molecule has 0 aromatic heterocycles. The zero-order chi connectivity index (χ0) is 14.2. The van der Waals surface area contributed by atoms with Crippen LogP contribution in [-0.2, 0) is 24.7 Å². The van der Waals surface area contributed by atoms with Crippen LogP contribution in [0.4, 0.5) is 0 Å². The Labute approximate surface area is 107 Å². The first-order chi connectivity index (χ1) is 8.16. The second-order valence-corrected chi connectivity index (χ2v) is 5.95. The fourth-order valence-electron chi connectivity index (χ4n) is 1.20. The smallest absolute Gasteiger partial charge is 0.365 e. The molecule has 0 unspecified atom stereocenters. The van der Waals surface area contributed by atoms with Gasteiger partial charge in [0.25, 0.3) is 0 Å². The van der Waals surface area contributed by atoms with E-state index in [0.717, 1.165) is 6.08 Å². The van der Waals surface area contributed by atoms with Crippen LogP contribution >= 0.6 is 0 Å². The van der Waals surface area contributed by atoms with Crippen molar-refractivity contribution in [3.8, 4) is 0 Å². The Bertz CT molecular complexity index is 376. The standard InChI is InChI=1S/C10H19NO6S/c1-4-10(12)17-16-8-7-11(2,3)6-5-9-18(13,14)15/h4H,1,5-9H2,2-3H3. The summed E-state index contributed by atoms with van der Waals surface area (Å²) in [6, 6.07) is 0. The summed E-state index contributed by atoms with van der Waals surface area (Å²) < 4.78 is 31.8. The average Bonchev–Trinajstić information content (AvgIpc) is 2.21. The average molecular weight is 281 g/mol. The van der Waals surface area contributed by atoms with Crippen molar-refractivity contribution in [3.05, 3.63) is 12.7 Å². The van der Waals surface area contributed by atoms with Gasteiger partial charge in [0.05, 0.1) is 30.8 Å². The molecule has 0 aromatic rings. The minimum absolute atomic E-state index is 0.177. The fraction of sp³-hybridized carbons (Fsp3) is 0.700. The van der Waals surface area contributed by atoms with E-state index in [1.165, 1.54) is 0 Å². The second kappa shape index (κ2) is 7.47. The summed E-state index contributed by atoms with van der Waals surface area (Å²) in [6.07, 6.45) is 1.27. The lowest BCUT2D eigenvalue weighted by molar-refractivity contribution is -0.891. The lowest BCUT2D eigenvalue weighted by Gasteiger charge is -2.29. The molecule has 0 N–H and O–H groups in total. The number of carbonyl (C=O) groups excluding carboxylic acids is 1. The summed E-state index contributed by atoms with van der Waals surface area (Å²) in [5.74, 6) is -1.04. The molecule has 106 valence electrons. The summed E-state index contributed by atoms with van der Waals surface area (Å²) in [5.41, 5.74) is 0. The highest BCUT2D eigenvalue weighted by Gasteiger charge is 2.15. The first kappa shape index (κ1) is 17.0. The van der Waals surface area contributed by atoms with Gasteiger partial charge in [-0.2, -0.15) is 4.89 Å². The maximum absolute atomic E-state index is 10.6. The van der Waals surface area contributed by atoms with Crippen molar-refractivity contribution in [2.24, 2.45) is 0 Å². The van der Waals surface area contributed by atoms with Crippen LogP contribution in [0.2, 0.25) is 0 Å². The summed E-state index contributed by atoms with van der Waals surface area (Å²) in [7, 11) is -0.444. The van der Waals surface area contributed by atoms with Gasteiger partial charge in [-0.3, -0.25) is 4.89 Å². The number of nitrogens with zero attached hydrogens (tertiary/aromatic N) is 1. The van der Waals surface area contributed by atoms with Gasteiger partial charge in [-0.1, -0.05) is 6.58 Å². The summed E-state index contributed by atoms with van der Waals surface area (Å²) in [6.45, 7) is 4.42. The zero-order valence-corrected chi connectivity index (χ0v) is 11.4. The summed E-state index contributed by atoms with van der Waals surface area (Å²) in [5, 5.41) is 0. The zero-order valence-electron chi connectivity index (χ0n) is 10.6. The van der Waals surface area contributed by atoms with Gasteiger partial charge in [0.15, 0.2) is 0 Å². The van der Waals surface area contributed by atoms with Gasteiger partial charge in [-0.15, -0.1) is 0 Å². The van der Waals surface area contributed by atoms with E-state index in [4.69, 9.17) is 0 Å². The van der Waals surface area contributed by atoms with Crippen molar-refractivity contribution in [1.29, 1.82) is 0 Å². The van der Waals surface area contributed by atoms with E-state index in [2.05, 4.69) is 16.4 Å². The lowest BCUT2D eigenvalue weighted by Crippen LogP contribution is -2.43. The summed E-state index contributed by atoms with van der Waals surface area (Å²) >= 11 is 0. The van der Waals surface area contributed by atoms with E-state index in [1.54, 1.807) is 0 Å². The molecular formula is C10H19NO6S. The number of hydrogen-bond acceptors (Lipinski definition) is 6. The van der Waals surface area contributed by atoms with E-state index in [-0.39, 0.29) is 18.8 Å². The molecule has 0 aliphatic rings. The van der Waals surface area contributed by atoms with Crippen LogP contribution in [0, 0.1) is 0 Å². The van der Waals surface area contributed by atoms with Crippen molar-refractivity contribution >= 4 is 16.1 Å². The third-order valence-corrected chi connectivity index (χ3v) is 3.03. The Kier molecular flexibility index (Phi) is 7.07. The molecular weight excluding hydrogens is 262 g/mol. The minimum atomic E-state index is -4.16. The molecule has 8 heteroatoms. The minimum Gasteiger partial charge on any atom is -0.748 e. The Morgan fingerprint density at radius 2 is 2.00 bits per heavy atom. The highest BCUT2D eigenvalue weighted by Crippen LogP contribution is 2.01. The van der Waals surface area contributed by atoms with Gasteiger partial charge >= 0.3 is 5.97 Å². The monoisotopic (exact) mass is 281 g/mol. The van der Waals surface area contributed by atoms with E-state index in [1.807, 2.05) is 14.1 Å². The number of rotatable bonds is 9. The Hall–Kier alpha value is -0.960. The van der Waals surface area contributed by atoms with E-state index >= 15 is 0 Å². The SMILES string of the molecule is C=CC(=O)OOCC[N+](C)(C)CCCS(=O)(=O)[O-]. The Morgan fingerprint density at radius 1 is 1.39 bits per heavy atom. The van der Waals surface area contributed by atoms with E-state index in [9.17, 15) is 17.8 Å². The molecule has 18 heavy (non-hydrogen) atoms. The van der Waals surface area contributed by atoms with Crippen LogP contribution in [0.1, 0.15) is 6.42 Å². The number of likely N-dealkylation sites (N-methyl/N-ethyl adjacent to an activating group) is 1. The molecule has 0 aliphatic heterocycles. The van der Waals surface area contributed by atoms with Gasteiger partial charge in [-0.25, -0.2) is 13.2 Å². The quantitative estimate of drug-likeness (QED) is 0.143. The Balaban J connectivity index is 3.80. The Morgan fingerprint density at radius 3 is 2.50 bits per heavy atom. The third-order valence-electron chi connectivity index (χ3n) is 2.25. The molecule has 0 aromatic carbocycles. The topological polar surface area (TPSA) is 92.7 Å². The fourth-order valence-corrected chi connectivity index (χ4v) is 1.68. The molecule has 0 bridgehead atoms. The predicted octanol–water partition coefficient (Wildman–Crippen LogP) is -0.341. The first-order valence-electron chi connectivity index (χ1n) is 5.38. The molecule has 7 nitrogen and oxygen atoms in total. The largest absolute Gasteiger partial charge is 0.748 e. The molecule has 0 aliphatic carbocycles. The van der Waals surface area contributed by atoms with Crippen LogP contribution in [-0.4, -0.2) is 63.0 Å². The maximum atomic E-state index is 10.6. The molecule has 0 rings (SSSR count). The molecule has 0 saturated carbocycles. The maximum Gasteiger partial charge on any atom is 0.365 e. The van der Waals surface area contributed by atoms with Crippen LogP contribution in [0.3, 0.4) is 0 Å². The highest BCUT2D eigenvalue weighted by atomic mass is 32.2. The first-order valence-corrected chi connectivity index (χ1v) is 6.95. The molecule has 0 amide bonds. The van der Waals surface area contributed by atoms with Crippen LogP contribution in [0.5, 0.6) is 0 Å². The van der Waals surface area contributed by atoms with Crippen LogP contribution in [0.15, 0.2) is 12.7 Å². The highest BCUT2D eigenvalue weighted by molar-refractivity contribution is 7.85. The normalized spacial score (nSPS) is 12.2. The van der Waals surface area contributed by atoms with Crippen LogP contribution < -0.4 is 0 Å². The third kappa shape index (κ3) is 10.2. The second-order valence-electron chi connectivity index (χ2n) is 4.43. The van der Waals surface area contributed by atoms with Gasteiger partial charge in [0.2, 0.25) is 0 Å². The van der Waals surface area contributed by atoms with Crippen LogP contribution in [0.25, 0.3) is 0 Å². The molecule has 0 heterocycles. The van der Waals surface area contributed by atoms with E-state index < -0.39 is 16.1 Å². The van der Waals surface area contributed by atoms with Gasteiger partial charge < -0.3 is 9.04 Å². The predicted molar refractivity (Wildman–Crippen MR) is 63.3 cm³/mol. The molecule has 0 fully saturated rings. The molecule has 0 saturated heterocycles. The van der Waals surface area contributed by atoms with E-state index in [0.29, 0.717) is 17.6 Å². The van der Waals surface area contributed by atoms with Crippen molar-refractivity contribution in [1.82, 2.24) is 0 Å². The molecule has 0 radical (unpaired) electrons. The van der Waals surface area contributed by atoms with Gasteiger partial charge in [0.1, 0.15) is 13.2 Å². The lowest BCUT2D eigenvalue weighted by atomic mass is 10.4. The molecule has 0 spiro atoms.